The third-order valence-corrected chi connectivity index (χ3v) is 8.31. The standard InChI is InChI=1S/C21H30N2O4S/c1-14-7-9-23(10-8-14)21(24)18-13-17(5-6-20(18)27-2)28(25,26)22-19-12-15-3-4-16(19)11-15/h5-6,13-16,19,22H,3-4,7-12H2,1-2H3/t15-,16-,19-/m0/s1. The van der Waals surface area contributed by atoms with Gasteiger partial charge in [-0.1, -0.05) is 13.3 Å². The number of fused-ring (bicyclic) bond motifs is 2. The van der Waals surface area contributed by atoms with Crippen LogP contribution in [0.4, 0.5) is 0 Å². The van der Waals surface area contributed by atoms with Gasteiger partial charge in [-0.25, -0.2) is 13.1 Å². The van der Waals surface area contributed by atoms with Crippen molar-refractivity contribution in [1.29, 1.82) is 0 Å². The molecule has 4 rings (SSSR count). The van der Waals surface area contributed by atoms with E-state index in [1.807, 2.05) is 0 Å². The third-order valence-electron chi connectivity index (χ3n) is 6.83. The van der Waals surface area contributed by atoms with Gasteiger partial charge in [-0.05, 0) is 68.1 Å². The van der Waals surface area contributed by atoms with Gasteiger partial charge in [0, 0.05) is 19.1 Å². The summed E-state index contributed by atoms with van der Waals surface area (Å²) in [6.45, 7) is 3.59. The van der Waals surface area contributed by atoms with Crippen LogP contribution in [0.3, 0.4) is 0 Å². The number of hydrogen-bond donors (Lipinski definition) is 1. The topological polar surface area (TPSA) is 75.7 Å². The Morgan fingerprint density at radius 3 is 2.50 bits per heavy atom. The molecule has 1 N–H and O–H groups in total. The summed E-state index contributed by atoms with van der Waals surface area (Å²) in [6.07, 6.45) is 6.33. The largest absolute Gasteiger partial charge is 0.496 e. The van der Waals surface area contributed by atoms with Gasteiger partial charge < -0.3 is 9.64 Å². The van der Waals surface area contributed by atoms with Crippen molar-refractivity contribution in [3.05, 3.63) is 23.8 Å². The van der Waals surface area contributed by atoms with E-state index in [0.29, 0.717) is 42.2 Å². The molecule has 0 radical (unpaired) electrons. The van der Waals surface area contributed by atoms with Crippen LogP contribution in [0.15, 0.2) is 23.1 Å². The number of benzene rings is 1. The highest BCUT2D eigenvalue weighted by atomic mass is 32.2. The zero-order chi connectivity index (χ0) is 19.9. The molecule has 6 nitrogen and oxygen atoms in total. The maximum Gasteiger partial charge on any atom is 0.257 e. The average molecular weight is 407 g/mol. The fourth-order valence-corrected chi connectivity index (χ4v) is 6.40. The number of rotatable bonds is 5. The monoisotopic (exact) mass is 406 g/mol. The number of carbonyl (C=O) groups excluding carboxylic acids is 1. The Morgan fingerprint density at radius 1 is 1.14 bits per heavy atom. The Morgan fingerprint density at radius 2 is 1.89 bits per heavy atom. The lowest BCUT2D eigenvalue weighted by Gasteiger charge is -2.30. The van der Waals surface area contributed by atoms with E-state index in [-0.39, 0.29) is 16.8 Å². The normalized spacial score (nSPS) is 27.9. The number of hydrogen-bond acceptors (Lipinski definition) is 4. The summed E-state index contributed by atoms with van der Waals surface area (Å²) in [6, 6.07) is 4.63. The van der Waals surface area contributed by atoms with Crippen molar-refractivity contribution in [3.63, 3.8) is 0 Å². The molecule has 1 aliphatic heterocycles. The second-order valence-electron chi connectivity index (χ2n) is 8.74. The Labute approximate surface area is 167 Å². The minimum absolute atomic E-state index is 0.0218. The number of methoxy groups -OCH3 is 1. The van der Waals surface area contributed by atoms with Crippen LogP contribution in [-0.4, -0.2) is 45.5 Å². The molecule has 3 atom stereocenters. The highest BCUT2D eigenvalue weighted by Gasteiger charge is 2.41. The lowest BCUT2D eigenvalue weighted by Crippen LogP contribution is -2.39. The van der Waals surface area contributed by atoms with Crippen LogP contribution in [0.1, 0.15) is 55.8 Å². The number of sulfonamides is 1. The molecule has 154 valence electrons. The zero-order valence-corrected chi connectivity index (χ0v) is 17.5. The van der Waals surface area contributed by atoms with Crippen LogP contribution in [0.25, 0.3) is 0 Å². The highest BCUT2D eigenvalue weighted by Crippen LogP contribution is 2.44. The van der Waals surface area contributed by atoms with Crippen LogP contribution >= 0.6 is 0 Å². The smallest absolute Gasteiger partial charge is 0.257 e. The minimum atomic E-state index is -3.66. The van der Waals surface area contributed by atoms with E-state index in [2.05, 4.69) is 11.6 Å². The van der Waals surface area contributed by atoms with Crippen molar-refractivity contribution in [2.75, 3.05) is 20.2 Å². The van der Waals surface area contributed by atoms with E-state index >= 15 is 0 Å². The summed E-state index contributed by atoms with van der Waals surface area (Å²) < 4.78 is 34.2. The number of ether oxygens (including phenoxy) is 1. The SMILES string of the molecule is COc1ccc(S(=O)(=O)N[C@H]2C[C@H]3CC[C@H]2C3)cc1C(=O)N1CCC(C)CC1. The van der Waals surface area contributed by atoms with Crippen molar-refractivity contribution in [2.24, 2.45) is 17.8 Å². The fourth-order valence-electron chi connectivity index (χ4n) is 5.06. The van der Waals surface area contributed by atoms with Crippen LogP contribution < -0.4 is 9.46 Å². The molecule has 0 unspecified atom stereocenters. The van der Waals surface area contributed by atoms with E-state index in [1.165, 1.54) is 25.7 Å². The molecule has 1 amide bonds. The van der Waals surface area contributed by atoms with Gasteiger partial charge in [0.25, 0.3) is 5.91 Å². The summed E-state index contributed by atoms with van der Waals surface area (Å²) in [5, 5.41) is 0. The molecule has 1 aromatic carbocycles. The van der Waals surface area contributed by atoms with Gasteiger partial charge in [-0.3, -0.25) is 4.79 Å². The molecule has 3 fully saturated rings. The first-order valence-electron chi connectivity index (χ1n) is 10.4. The van der Waals surface area contributed by atoms with E-state index < -0.39 is 10.0 Å². The van der Waals surface area contributed by atoms with Gasteiger partial charge in [-0.15, -0.1) is 0 Å². The van der Waals surface area contributed by atoms with Crippen molar-refractivity contribution < 1.29 is 17.9 Å². The summed E-state index contributed by atoms with van der Waals surface area (Å²) in [5.41, 5.74) is 0.327. The first-order chi connectivity index (χ1) is 13.4. The number of piperidine rings is 1. The Hall–Kier alpha value is -1.60. The van der Waals surface area contributed by atoms with Crippen LogP contribution in [0.5, 0.6) is 5.75 Å². The molecule has 0 spiro atoms. The average Bonchev–Trinajstić information content (AvgIpc) is 3.30. The zero-order valence-electron chi connectivity index (χ0n) is 16.7. The molecule has 1 aromatic rings. The molecular weight excluding hydrogens is 376 g/mol. The first-order valence-corrected chi connectivity index (χ1v) is 11.9. The lowest BCUT2D eigenvalue weighted by atomic mass is 9.96. The number of amides is 1. The lowest BCUT2D eigenvalue weighted by molar-refractivity contribution is 0.0693. The summed E-state index contributed by atoms with van der Waals surface area (Å²) in [5.74, 6) is 1.99. The van der Waals surface area contributed by atoms with Crippen LogP contribution in [-0.2, 0) is 10.0 Å². The Kier molecular flexibility index (Phi) is 5.40. The van der Waals surface area contributed by atoms with Crippen molar-refractivity contribution in [1.82, 2.24) is 9.62 Å². The number of nitrogens with one attached hydrogen (secondary N) is 1. The maximum absolute atomic E-state index is 13.0. The number of nitrogens with zero attached hydrogens (tertiary/aromatic N) is 1. The molecule has 3 aliphatic rings. The summed E-state index contributed by atoms with van der Waals surface area (Å²) >= 11 is 0. The number of carbonyl (C=O) groups is 1. The van der Waals surface area contributed by atoms with Gasteiger partial charge in [0.15, 0.2) is 0 Å². The predicted octanol–water partition coefficient (Wildman–Crippen LogP) is 3.03. The van der Waals surface area contributed by atoms with Crippen molar-refractivity contribution >= 4 is 15.9 Å². The maximum atomic E-state index is 13.0. The van der Waals surface area contributed by atoms with Crippen LogP contribution in [0.2, 0.25) is 0 Å². The molecule has 0 aromatic heterocycles. The summed E-state index contributed by atoms with van der Waals surface area (Å²) in [4.78, 5) is 15.0. The molecule has 2 aliphatic carbocycles. The molecule has 1 heterocycles. The molecular formula is C21H30N2O4S. The second-order valence-corrected chi connectivity index (χ2v) is 10.5. The van der Waals surface area contributed by atoms with Crippen LogP contribution in [0, 0.1) is 17.8 Å². The third kappa shape index (κ3) is 3.79. The van der Waals surface area contributed by atoms with Gasteiger partial charge in [0.05, 0.1) is 17.6 Å². The van der Waals surface area contributed by atoms with Gasteiger partial charge in [0.1, 0.15) is 5.75 Å². The number of likely N-dealkylation sites (tertiary alicyclic amines) is 1. The fraction of sp³-hybridized carbons (Fsp3) is 0.667. The Bertz CT molecular complexity index is 846. The summed E-state index contributed by atoms with van der Waals surface area (Å²) in [7, 11) is -2.16. The minimum Gasteiger partial charge on any atom is -0.496 e. The van der Waals surface area contributed by atoms with E-state index in [4.69, 9.17) is 4.74 Å². The van der Waals surface area contributed by atoms with Gasteiger partial charge in [0.2, 0.25) is 10.0 Å². The molecule has 1 saturated heterocycles. The molecule has 2 saturated carbocycles. The Balaban J connectivity index is 1.56. The molecule has 2 bridgehead atoms. The predicted molar refractivity (Wildman–Crippen MR) is 107 cm³/mol. The highest BCUT2D eigenvalue weighted by molar-refractivity contribution is 7.89. The van der Waals surface area contributed by atoms with Crippen molar-refractivity contribution in [3.8, 4) is 5.75 Å². The second kappa shape index (κ2) is 7.67. The van der Waals surface area contributed by atoms with Crippen molar-refractivity contribution in [2.45, 2.75) is 56.4 Å². The first kappa shape index (κ1) is 19.7. The van der Waals surface area contributed by atoms with Gasteiger partial charge in [-0.2, -0.15) is 0 Å². The van der Waals surface area contributed by atoms with E-state index in [9.17, 15) is 13.2 Å². The van der Waals surface area contributed by atoms with E-state index in [0.717, 1.165) is 32.1 Å². The van der Waals surface area contributed by atoms with E-state index in [1.54, 1.807) is 11.0 Å². The quantitative estimate of drug-likeness (QED) is 0.816. The van der Waals surface area contributed by atoms with Gasteiger partial charge >= 0.3 is 0 Å². The molecule has 28 heavy (non-hydrogen) atoms. The molecule has 7 heteroatoms.